The number of fused-ring (bicyclic) bond motifs is 1. The number of nitrogens with zero attached hydrogens (tertiary/aromatic N) is 2. The van der Waals surface area contributed by atoms with Gasteiger partial charge in [0.2, 0.25) is 5.91 Å². The topological polar surface area (TPSA) is 75.4 Å². The molecule has 2 aromatic heterocycles. The quantitative estimate of drug-likeness (QED) is 0.716. The smallest absolute Gasteiger partial charge is 0.289 e. The molecular formula is C26H35N3O3. The Morgan fingerprint density at radius 2 is 1.62 bits per heavy atom. The SMILES string of the molecule is O=C(NC1CCCCCCCCCCC1)C1CN(C(=O)c2ccco2)Cc2cccnc21. The lowest BCUT2D eigenvalue weighted by atomic mass is 9.92. The van der Waals surface area contributed by atoms with E-state index in [1.165, 1.54) is 51.2 Å². The van der Waals surface area contributed by atoms with E-state index in [-0.39, 0.29) is 17.9 Å². The van der Waals surface area contributed by atoms with Crippen LogP contribution in [0.15, 0.2) is 41.1 Å². The van der Waals surface area contributed by atoms with Gasteiger partial charge in [0.15, 0.2) is 5.76 Å². The summed E-state index contributed by atoms with van der Waals surface area (Å²) in [6.45, 7) is 0.762. The zero-order valence-corrected chi connectivity index (χ0v) is 18.9. The van der Waals surface area contributed by atoms with Crippen LogP contribution in [-0.2, 0) is 11.3 Å². The van der Waals surface area contributed by atoms with E-state index in [1.807, 2.05) is 12.1 Å². The van der Waals surface area contributed by atoms with Gasteiger partial charge in [0.1, 0.15) is 0 Å². The van der Waals surface area contributed by atoms with Crippen LogP contribution in [0, 0.1) is 0 Å². The molecule has 0 spiro atoms. The number of hydrogen-bond acceptors (Lipinski definition) is 4. The van der Waals surface area contributed by atoms with E-state index in [0.29, 0.717) is 18.8 Å². The summed E-state index contributed by atoms with van der Waals surface area (Å²) in [6, 6.07) is 7.40. The summed E-state index contributed by atoms with van der Waals surface area (Å²) in [7, 11) is 0. The average molecular weight is 438 g/mol. The second-order valence-corrected chi connectivity index (χ2v) is 9.23. The van der Waals surface area contributed by atoms with E-state index in [9.17, 15) is 9.59 Å². The number of furan rings is 1. The van der Waals surface area contributed by atoms with Gasteiger partial charge in [0.25, 0.3) is 5.91 Å². The van der Waals surface area contributed by atoms with Crippen molar-refractivity contribution in [3.8, 4) is 0 Å². The van der Waals surface area contributed by atoms with Crippen LogP contribution in [0.4, 0.5) is 0 Å². The molecule has 4 rings (SSSR count). The molecule has 172 valence electrons. The molecule has 0 bridgehead atoms. The van der Waals surface area contributed by atoms with Gasteiger partial charge in [-0.25, -0.2) is 0 Å². The second kappa shape index (κ2) is 11.3. The zero-order valence-electron chi connectivity index (χ0n) is 18.9. The lowest BCUT2D eigenvalue weighted by Gasteiger charge is -2.33. The van der Waals surface area contributed by atoms with Gasteiger partial charge in [0.05, 0.1) is 17.9 Å². The fourth-order valence-corrected chi connectivity index (χ4v) is 5.00. The van der Waals surface area contributed by atoms with Crippen LogP contribution in [0.2, 0.25) is 0 Å². The molecular weight excluding hydrogens is 402 g/mol. The first-order valence-electron chi connectivity index (χ1n) is 12.3. The summed E-state index contributed by atoms with van der Waals surface area (Å²) in [5.74, 6) is -0.358. The first-order chi connectivity index (χ1) is 15.7. The van der Waals surface area contributed by atoms with Crippen LogP contribution >= 0.6 is 0 Å². The monoisotopic (exact) mass is 437 g/mol. The summed E-state index contributed by atoms with van der Waals surface area (Å²) in [5, 5.41) is 3.34. The van der Waals surface area contributed by atoms with Crippen molar-refractivity contribution in [1.82, 2.24) is 15.2 Å². The van der Waals surface area contributed by atoms with Crippen molar-refractivity contribution in [1.29, 1.82) is 0 Å². The summed E-state index contributed by atoms with van der Waals surface area (Å²) in [5.41, 5.74) is 1.72. The molecule has 1 aliphatic carbocycles. The first-order valence-corrected chi connectivity index (χ1v) is 12.3. The predicted molar refractivity (Wildman–Crippen MR) is 123 cm³/mol. The Hall–Kier alpha value is -2.63. The van der Waals surface area contributed by atoms with Crippen LogP contribution in [0.25, 0.3) is 0 Å². The zero-order chi connectivity index (χ0) is 22.2. The van der Waals surface area contributed by atoms with E-state index in [1.54, 1.807) is 23.2 Å². The number of hydrogen-bond donors (Lipinski definition) is 1. The molecule has 0 aromatic carbocycles. The third-order valence-corrected chi connectivity index (χ3v) is 6.81. The standard InChI is InChI=1S/C26H35N3O3/c30-25(28-21-13-8-6-4-2-1-3-5-7-9-14-21)22-19-29(26(31)23-15-11-17-32-23)18-20-12-10-16-27-24(20)22/h10-12,15-17,21-22H,1-9,13-14,18-19H2,(H,28,30). The van der Waals surface area contributed by atoms with Gasteiger partial charge in [-0.05, 0) is 36.6 Å². The molecule has 2 aliphatic rings. The number of rotatable bonds is 3. The molecule has 1 unspecified atom stereocenters. The third-order valence-electron chi connectivity index (χ3n) is 6.81. The number of nitrogens with one attached hydrogen (secondary N) is 1. The Labute approximate surface area is 190 Å². The summed E-state index contributed by atoms with van der Waals surface area (Å²) >= 11 is 0. The van der Waals surface area contributed by atoms with Gasteiger partial charge >= 0.3 is 0 Å². The number of carbonyl (C=O) groups excluding carboxylic acids is 2. The molecule has 6 nitrogen and oxygen atoms in total. The fraction of sp³-hybridized carbons (Fsp3) is 0.577. The van der Waals surface area contributed by atoms with Crippen LogP contribution in [0.1, 0.15) is 98.4 Å². The van der Waals surface area contributed by atoms with E-state index in [0.717, 1.165) is 36.9 Å². The van der Waals surface area contributed by atoms with Gasteiger partial charge in [-0.2, -0.15) is 0 Å². The van der Waals surface area contributed by atoms with Crippen molar-refractivity contribution in [3.05, 3.63) is 53.7 Å². The first kappa shape index (κ1) is 22.6. The third kappa shape index (κ3) is 5.78. The maximum absolute atomic E-state index is 13.4. The number of carbonyl (C=O) groups is 2. The molecule has 1 saturated carbocycles. The van der Waals surface area contributed by atoms with Crippen LogP contribution in [0.3, 0.4) is 0 Å². The van der Waals surface area contributed by atoms with Gasteiger partial charge in [-0.1, -0.05) is 63.9 Å². The molecule has 3 heterocycles. The lowest BCUT2D eigenvalue weighted by molar-refractivity contribution is -0.124. The summed E-state index contributed by atoms with van der Waals surface area (Å²) < 4.78 is 5.31. The van der Waals surface area contributed by atoms with E-state index in [4.69, 9.17) is 4.42 Å². The molecule has 0 radical (unpaired) electrons. The fourth-order valence-electron chi connectivity index (χ4n) is 5.00. The van der Waals surface area contributed by atoms with E-state index < -0.39 is 5.92 Å². The highest BCUT2D eigenvalue weighted by Gasteiger charge is 2.35. The molecule has 32 heavy (non-hydrogen) atoms. The van der Waals surface area contributed by atoms with Crippen molar-refractivity contribution in [2.75, 3.05) is 6.54 Å². The molecule has 1 atom stereocenters. The highest BCUT2D eigenvalue weighted by Crippen LogP contribution is 2.28. The van der Waals surface area contributed by atoms with Crippen LogP contribution in [0.5, 0.6) is 0 Å². The Balaban J connectivity index is 1.46. The van der Waals surface area contributed by atoms with Crippen LogP contribution in [-0.4, -0.2) is 34.3 Å². The Kier molecular flexibility index (Phi) is 7.97. The van der Waals surface area contributed by atoms with E-state index in [2.05, 4.69) is 10.3 Å². The normalized spacial score (nSPS) is 21.1. The molecule has 0 saturated heterocycles. The van der Waals surface area contributed by atoms with E-state index >= 15 is 0 Å². The van der Waals surface area contributed by atoms with Crippen molar-refractivity contribution in [2.45, 2.75) is 89.1 Å². The molecule has 6 heteroatoms. The van der Waals surface area contributed by atoms with Crippen LogP contribution < -0.4 is 5.32 Å². The number of pyridine rings is 1. The van der Waals surface area contributed by atoms with Crippen molar-refractivity contribution in [3.63, 3.8) is 0 Å². The number of aromatic nitrogens is 1. The predicted octanol–water partition coefficient (Wildman–Crippen LogP) is 5.20. The van der Waals surface area contributed by atoms with Gasteiger partial charge in [0, 0.05) is 25.3 Å². The average Bonchev–Trinajstić information content (AvgIpc) is 3.34. The highest BCUT2D eigenvalue weighted by molar-refractivity contribution is 5.93. The lowest BCUT2D eigenvalue weighted by Crippen LogP contribution is -2.46. The minimum Gasteiger partial charge on any atom is -0.459 e. The summed E-state index contributed by atoms with van der Waals surface area (Å²) in [6.07, 6.45) is 16.7. The highest BCUT2D eigenvalue weighted by atomic mass is 16.3. The summed E-state index contributed by atoms with van der Waals surface area (Å²) in [4.78, 5) is 32.6. The largest absolute Gasteiger partial charge is 0.459 e. The van der Waals surface area contributed by atoms with Gasteiger partial charge in [-0.15, -0.1) is 0 Å². The molecule has 1 N–H and O–H groups in total. The van der Waals surface area contributed by atoms with Gasteiger partial charge < -0.3 is 14.6 Å². The molecule has 2 aromatic rings. The number of amides is 2. The van der Waals surface area contributed by atoms with Crippen molar-refractivity contribution >= 4 is 11.8 Å². The molecule has 2 amide bonds. The second-order valence-electron chi connectivity index (χ2n) is 9.23. The maximum Gasteiger partial charge on any atom is 0.289 e. The maximum atomic E-state index is 13.4. The minimum absolute atomic E-state index is 0.0148. The Morgan fingerprint density at radius 1 is 0.938 bits per heavy atom. The molecule has 1 aliphatic heterocycles. The van der Waals surface area contributed by atoms with Crippen molar-refractivity contribution in [2.24, 2.45) is 0 Å². The van der Waals surface area contributed by atoms with Gasteiger partial charge in [-0.3, -0.25) is 14.6 Å². The Bertz CT molecular complexity index is 868. The molecule has 1 fully saturated rings. The Morgan fingerprint density at radius 3 is 2.28 bits per heavy atom. The van der Waals surface area contributed by atoms with Crippen molar-refractivity contribution < 1.29 is 14.0 Å². The minimum atomic E-state index is -0.458.